The van der Waals surface area contributed by atoms with Crippen LogP contribution in [-0.2, 0) is 19.1 Å². The number of amides is 1. The third kappa shape index (κ3) is 18.3. The maximum Gasteiger partial charge on any atom is 0.316 e. The fraction of sp³-hybridized carbons (Fsp3) is 0.394. The Balaban J connectivity index is 0. The summed E-state index contributed by atoms with van der Waals surface area (Å²) in [5.41, 5.74) is 9.91. The number of carbonyl (C=O) groups is 2. The van der Waals surface area contributed by atoms with E-state index in [0.717, 1.165) is 35.5 Å². The van der Waals surface area contributed by atoms with Crippen LogP contribution >= 0.6 is 0 Å². The smallest absolute Gasteiger partial charge is 0.316 e. The summed E-state index contributed by atoms with van der Waals surface area (Å²) in [6.45, 7) is 12.7. The molecule has 1 unspecified atom stereocenters. The molecule has 2 aromatic rings. The Kier molecular flexibility index (Phi) is 24.7. The Morgan fingerprint density at radius 2 is 1.64 bits per heavy atom. The molecule has 0 fully saturated rings. The average molecular weight is 584 g/mol. The van der Waals surface area contributed by atoms with Crippen LogP contribution in [0.4, 0.5) is 11.4 Å². The van der Waals surface area contributed by atoms with Crippen LogP contribution in [0.2, 0.25) is 0 Å². The van der Waals surface area contributed by atoms with Crippen molar-refractivity contribution in [3.05, 3.63) is 94.5 Å². The lowest BCUT2D eigenvalue weighted by Gasteiger charge is -2.18. The number of hydrogen-bond acceptors (Lipinski definition) is 8. The predicted molar refractivity (Wildman–Crippen MR) is 174 cm³/mol. The quantitative estimate of drug-likeness (QED) is 0.203. The van der Waals surface area contributed by atoms with Crippen molar-refractivity contribution in [3.8, 4) is 5.75 Å². The van der Waals surface area contributed by atoms with Crippen molar-refractivity contribution in [2.75, 3.05) is 39.0 Å². The minimum atomic E-state index is -0.782. The van der Waals surface area contributed by atoms with Crippen LogP contribution < -0.4 is 15.8 Å². The number of hydrogen-bond donors (Lipinski definition) is 2. The van der Waals surface area contributed by atoms with Gasteiger partial charge in [-0.2, -0.15) is 0 Å². The highest BCUT2D eigenvalue weighted by Crippen LogP contribution is 2.27. The monoisotopic (exact) mass is 583 g/mol. The largest absolute Gasteiger partial charge is 0.497 e. The molecule has 9 heteroatoms. The number of nitroso groups, excluding NO2 is 1. The second-order valence-corrected chi connectivity index (χ2v) is 8.78. The highest BCUT2D eigenvalue weighted by molar-refractivity contribution is 5.97. The molecular formula is C33H49N3O6. The summed E-state index contributed by atoms with van der Waals surface area (Å²) in [5.74, 6) is 0.128. The van der Waals surface area contributed by atoms with Crippen LogP contribution in [0.1, 0.15) is 45.2 Å². The number of methoxy groups -OCH3 is 3. The number of allylic oxidation sites excluding steroid dienone is 2. The van der Waals surface area contributed by atoms with Gasteiger partial charge in [0.2, 0.25) is 0 Å². The number of nitrogens with one attached hydrogen (secondary N) is 1. The van der Waals surface area contributed by atoms with Gasteiger partial charge in [-0.05, 0) is 69.2 Å². The van der Waals surface area contributed by atoms with Gasteiger partial charge < -0.3 is 30.1 Å². The molecule has 232 valence electrons. The van der Waals surface area contributed by atoms with E-state index in [4.69, 9.17) is 10.5 Å². The van der Waals surface area contributed by atoms with E-state index in [0.29, 0.717) is 5.69 Å². The minimum absolute atomic E-state index is 0.245. The van der Waals surface area contributed by atoms with Gasteiger partial charge in [0.05, 0.1) is 24.5 Å². The first kappa shape index (κ1) is 40.1. The summed E-state index contributed by atoms with van der Waals surface area (Å²) < 4.78 is 14.0. The molecule has 3 rings (SSSR count). The molecule has 3 N–H and O–H groups in total. The zero-order valence-corrected chi connectivity index (χ0v) is 26.5. The lowest BCUT2D eigenvalue weighted by atomic mass is 10.1. The third-order valence-corrected chi connectivity index (χ3v) is 5.30. The third-order valence-electron chi connectivity index (χ3n) is 5.30. The molecule has 0 saturated heterocycles. The van der Waals surface area contributed by atoms with Crippen molar-refractivity contribution in [2.24, 2.45) is 5.18 Å². The van der Waals surface area contributed by atoms with E-state index in [1.54, 1.807) is 45.4 Å². The number of ether oxygens (including phenoxy) is 3. The fourth-order valence-corrected chi connectivity index (χ4v) is 2.74. The first-order valence-electron chi connectivity index (χ1n) is 13.7. The molecule has 9 nitrogen and oxygen atoms in total. The second kappa shape index (κ2) is 25.9. The molecule has 0 saturated carbocycles. The molecule has 0 radical (unpaired) electrons. The van der Waals surface area contributed by atoms with E-state index in [9.17, 15) is 14.5 Å². The second-order valence-electron chi connectivity index (χ2n) is 8.78. The number of rotatable bonds is 7. The molecule has 1 aliphatic rings. The van der Waals surface area contributed by atoms with Gasteiger partial charge in [-0.15, -0.1) is 4.91 Å². The number of para-hydroxylation sites is 1. The van der Waals surface area contributed by atoms with Crippen LogP contribution in [0.15, 0.2) is 83.6 Å². The van der Waals surface area contributed by atoms with Crippen molar-refractivity contribution in [1.29, 1.82) is 0 Å². The van der Waals surface area contributed by atoms with E-state index < -0.39 is 5.91 Å². The molecule has 1 amide bonds. The maximum absolute atomic E-state index is 11.4. The minimum Gasteiger partial charge on any atom is -0.497 e. The fourth-order valence-electron chi connectivity index (χ4n) is 2.74. The topological polar surface area (TPSA) is 129 Å². The van der Waals surface area contributed by atoms with E-state index in [1.807, 2.05) is 69.3 Å². The van der Waals surface area contributed by atoms with Gasteiger partial charge in [0.15, 0.2) is 0 Å². The molecule has 42 heavy (non-hydrogen) atoms. The zero-order valence-electron chi connectivity index (χ0n) is 26.5. The number of nitrogen functional groups attached to an aromatic ring is 1. The first-order chi connectivity index (χ1) is 20.1. The number of carbonyl (C=O) groups excluding carboxylic acids is 2. The first-order valence-corrected chi connectivity index (χ1v) is 13.7. The number of aldehydes is 1. The van der Waals surface area contributed by atoms with E-state index in [1.165, 1.54) is 13.5 Å². The SMILES string of the molecule is CCC.CCOC.CO[C@@H](C)C=O.COc1ccccc1.Cc1ccc(N)c(NC2C=CC=CC(C(=O)N=O)=C2)c1C. The van der Waals surface area contributed by atoms with Gasteiger partial charge in [-0.1, -0.05) is 62.8 Å². The number of nitrogens with zero attached hydrogens (tertiary/aromatic N) is 1. The normalized spacial score (nSPS) is 13.3. The molecule has 2 atom stereocenters. The number of anilines is 2. The number of benzene rings is 2. The Bertz CT molecular complexity index is 1110. The predicted octanol–water partition coefficient (Wildman–Crippen LogP) is 7.00. The lowest BCUT2D eigenvalue weighted by molar-refractivity contribution is -0.115. The van der Waals surface area contributed by atoms with Gasteiger partial charge in [0.25, 0.3) is 0 Å². The summed E-state index contributed by atoms with van der Waals surface area (Å²) >= 11 is 0. The summed E-state index contributed by atoms with van der Waals surface area (Å²) in [7, 11) is 4.84. The van der Waals surface area contributed by atoms with Gasteiger partial charge in [-0.25, -0.2) is 0 Å². The zero-order chi connectivity index (χ0) is 32.3. The number of aryl methyl sites for hydroxylation is 1. The molecule has 0 aliphatic heterocycles. The van der Waals surface area contributed by atoms with Crippen molar-refractivity contribution >= 4 is 23.6 Å². The Hall–Kier alpha value is -4.08. The molecule has 0 bridgehead atoms. The van der Waals surface area contributed by atoms with E-state index in [2.05, 4.69) is 33.8 Å². The van der Waals surface area contributed by atoms with E-state index in [-0.39, 0.29) is 17.7 Å². The van der Waals surface area contributed by atoms with Crippen molar-refractivity contribution in [2.45, 2.75) is 60.1 Å². The Labute approximate surface area is 251 Å². The van der Waals surface area contributed by atoms with Crippen LogP contribution in [0.5, 0.6) is 5.75 Å². The molecule has 1 aliphatic carbocycles. The van der Waals surface area contributed by atoms with Gasteiger partial charge in [-0.3, -0.25) is 4.79 Å². The molecular weight excluding hydrogens is 534 g/mol. The average Bonchev–Trinajstić information content (AvgIpc) is 3.27. The van der Waals surface area contributed by atoms with Gasteiger partial charge >= 0.3 is 5.91 Å². The van der Waals surface area contributed by atoms with Gasteiger partial charge in [0.1, 0.15) is 18.1 Å². The molecule has 0 spiro atoms. The van der Waals surface area contributed by atoms with Crippen LogP contribution in [0.25, 0.3) is 0 Å². The van der Waals surface area contributed by atoms with Gasteiger partial charge in [0, 0.05) is 31.6 Å². The van der Waals surface area contributed by atoms with Crippen molar-refractivity contribution in [3.63, 3.8) is 0 Å². The number of nitrogens with two attached hydrogens (primary N) is 1. The van der Waals surface area contributed by atoms with Crippen LogP contribution in [-0.4, -0.2) is 52.3 Å². The van der Waals surface area contributed by atoms with Crippen LogP contribution in [0.3, 0.4) is 0 Å². The summed E-state index contributed by atoms with van der Waals surface area (Å²) in [6, 6.07) is 13.2. The summed E-state index contributed by atoms with van der Waals surface area (Å²) in [6.07, 6.45) is 10.4. The molecule has 0 heterocycles. The van der Waals surface area contributed by atoms with Crippen LogP contribution in [0, 0.1) is 18.8 Å². The standard InChI is InChI=1S/C16H17N3O2.C7H8O.C4H8O2.C3H8O.C3H8/c1-10-7-8-14(17)15(11(10)2)18-13-6-4-3-5-12(9-13)16(20)19-21;1-8-7-5-3-2-4-6-7;1-4(3-5)6-2;1-3-4-2;1-3-2/h3-9,13,18H,17H2,1-2H3;2-6H,1H3;3-4H,1-2H3;3H2,1-2H3;3H2,1-2H3/t;;4-;;/m..0../s1. The highest BCUT2D eigenvalue weighted by atomic mass is 16.5. The van der Waals surface area contributed by atoms with Crippen molar-refractivity contribution in [1.82, 2.24) is 0 Å². The lowest BCUT2D eigenvalue weighted by Crippen LogP contribution is -2.17. The highest BCUT2D eigenvalue weighted by Gasteiger charge is 2.14. The molecule has 0 aromatic heterocycles. The Morgan fingerprint density at radius 1 is 1.05 bits per heavy atom. The van der Waals surface area contributed by atoms with Crippen molar-refractivity contribution < 1.29 is 23.8 Å². The molecule has 2 aromatic carbocycles. The van der Waals surface area contributed by atoms with E-state index >= 15 is 0 Å². The maximum atomic E-state index is 11.4. The summed E-state index contributed by atoms with van der Waals surface area (Å²) in [5, 5.41) is 5.74. The summed E-state index contributed by atoms with van der Waals surface area (Å²) in [4.78, 5) is 31.4. The Morgan fingerprint density at radius 3 is 2.07 bits per heavy atom.